The number of benzene rings is 2. The summed E-state index contributed by atoms with van der Waals surface area (Å²) in [5.74, 6) is -0.428. The van der Waals surface area contributed by atoms with Crippen molar-refractivity contribution in [3.63, 3.8) is 0 Å². The molecule has 172 valence electrons. The van der Waals surface area contributed by atoms with Crippen LogP contribution in [0.1, 0.15) is 45.4 Å². The number of hydrogen-bond acceptors (Lipinski definition) is 6. The monoisotopic (exact) mass is 441 g/mol. The van der Waals surface area contributed by atoms with Gasteiger partial charge in [0.2, 0.25) is 0 Å². The van der Waals surface area contributed by atoms with Crippen LogP contribution in [0.2, 0.25) is 0 Å². The first-order valence-electron chi connectivity index (χ1n) is 11.5. The van der Waals surface area contributed by atoms with Gasteiger partial charge in [-0.15, -0.1) is 5.11 Å². The molecule has 0 aromatic heterocycles. The predicted molar refractivity (Wildman–Crippen MR) is 126 cm³/mol. The molecule has 1 heterocycles. The summed E-state index contributed by atoms with van der Waals surface area (Å²) in [5, 5.41) is 18.6. The summed E-state index contributed by atoms with van der Waals surface area (Å²) < 4.78 is 14.6. The van der Waals surface area contributed by atoms with Crippen molar-refractivity contribution in [3.8, 4) is 0 Å². The fourth-order valence-corrected chi connectivity index (χ4v) is 3.87. The van der Waals surface area contributed by atoms with Gasteiger partial charge < -0.3 is 4.90 Å². The van der Waals surface area contributed by atoms with Crippen LogP contribution < -0.4 is 4.90 Å². The van der Waals surface area contributed by atoms with Gasteiger partial charge in [-0.2, -0.15) is 5.11 Å². The third-order valence-corrected chi connectivity index (χ3v) is 5.83. The second-order valence-electron chi connectivity index (χ2n) is 8.21. The molecule has 0 bridgehead atoms. The predicted octanol–water partition coefficient (Wildman–Crippen LogP) is 6.63. The van der Waals surface area contributed by atoms with Crippen molar-refractivity contribution in [1.29, 1.82) is 0 Å². The normalized spacial score (nSPS) is 14.9. The van der Waals surface area contributed by atoms with Gasteiger partial charge in [-0.3, -0.25) is 15.0 Å². The minimum absolute atomic E-state index is 0.0217. The van der Waals surface area contributed by atoms with Crippen molar-refractivity contribution in [3.05, 3.63) is 58.4 Å². The molecular weight excluding hydrogens is 409 g/mol. The van der Waals surface area contributed by atoms with Gasteiger partial charge in [0.25, 0.3) is 5.69 Å². The molecule has 0 atom stereocenters. The summed E-state index contributed by atoms with van der Waals surface area (Å²) in [6.45, 7) is 7.16. The van der Waals surface area contributed by atoms with Gasteiger partial charge in [-0.1, -0.05) is 39.0 Å². The molecule has 1 saturated heterocycles. The molecule has 1 fully saturated rings. The summed E-state index contributed by atoms with van der Waals surface area (Å²) in [5.41, 5.74) is 1.41. The fourth-order valence-electron chi connectivity index (χ4n) is 3.87. The first kappa shape index (κ1) is 23.8. The van der Waals surface area contributed by atoms with Crippen LogP contribution in [0.4, 0.5) is 27.1 Å². The number of anilines is 1. The van der Waals surface area contributed by atoms with Crippen LogP contribution in [0.3, 0.4) is 0 Å². The third kappa shape index (κ3) is 7.09. The molecule has 0 spiro atoms. The molecule has 0 amide bonds. The van der Waals surface area contributed by atoms with E-state index < -0.39 is 10.7 Å². The van der Waals surface area contributed by atoms with Gasteiger partial charge in [-0.25, -0.2) is 4.39 Å². The Balaban J connectivity index is 1.47. The zero-order valence-corrected chi connectivity index (χ0v) is 18.8. The molecule has 32 heavy (non-hydrogen) atoms. The third-order valence-electron chi connectivity index (χ3n) is 5.83. The molecule has 0 radical (unpaired) electrons. The number of halogens is 1. The summed E-state index contributed by atoms with van der Waals surface area (Å²) in [6, 6.07) is 10.7. The van der Waals surface area contributed by atoms with E-state index in [-0.39, 0.29) is 11.4 Å². The molecular formula is C24H32FN5O2. The zero-order chi connectivity index (χ0) is 22.8. The maximum absolute atomic E-state index is 14.6. The van der Waals surface area contributed by atoms with Crippen LogP contribution in [0.5, 0.6) is 0 Å². The SMILES string of the molecule is CCCCCCCCN1CCN(c2ccc(N=Nc3ccc([N+](=O)[O-])cc3)c(F)c2)CC1. The van der Waals surface area contributed by atoms with Gasteiger partial charge in [0.15, 0.2) is 5.82 Å². The van der Waals surface area contributed by atoms with Crippen LogP contribution in [0, 0.1) is 15.9 Å². The standard InChI is InChI=1S/C24H32FN5O2/c1-2-3-4-5-6-7-14-28-15-17-29(18-16-28)22-12-13-24(23(25)19-22)27-26-20-8-10-21(11-9-20)30(31)32/h8-13,19H,2-7,14-18H2,1H3. The average Bonchev–Trinajstić information content (AvgIpc) is 2.81. The van der Waals surface area contributed by atoms with Gasteiger partial charge in [0.1, 0.15) is 5.69 Å². The smallest absolute Gasteiger partial charge is 0.269 e. The lowest BCUT2D eigenvalue weighted by Gasteiger charge is -2.36. The van der Waals surface area contributed by atoms with Crippen LogP contribution in [0.25, 0.3) is 0 Å². The molecule has 0 N–H and O–H groups in total. The van der Waals surface area contributed by atoms with E-state index in [2.05, 4.69) is 27.0 Å². The average molecular weight is 442 g/mol. The molecule has 1 aliphatic rings. The van der Waals surface area contributed by atoms with Gasteiger partial charge >= 0.3 is 0 Å². The first-order chi connectivity index (χ1) is 15.6. The summed E-state index contributed by atoms with van der Waals surface area (Å²) in [7, 11) is 0. The summed E-state index contributed by atoms with van der Waals surface area (Å²) in [6.07, 6.45) is 7.87. The van der Waals surface area contributed by atoms with Crippen LogP contribution in [-0.2, 0) is 0 Å². The van der Waals surface area contributed by atoms with E-state index in [4.69, 9.17) is 0 Å². The first-order valence-corrected chi connectivity index (χ1v) is 11.5. The molecule has 0 unspecified atom stereocenters. The van der Waals surface area contributed by atoms with E-state index in [1.165, 1.54) is 68.9 Å². The number of nitro groups is 1. The minimum atomic E-state index is -0.478. The Labute approximate surface area is 189 Å². The van der Waals surface area contributed by atoms with Crippen molar-refractivity contribution in [2.24, 2.45) is 10.2 Å². The molecule has 8 heteroatoms. The number of piperazine rings is 1. The summed E-state index contributed by atoms with van der Waals surface area (Å²) in [4.78, 5) is 14.9. The van der Waals surface area contributed by atoms with Crippen molar-refractivity contribution >= 4 is 22.7 Å². The largest absolute Gasteiger partial charge is 0.369 e. The lowest BCUT2D eigenvalue weighted by Crippen LogP contribution is -2.46. The van der Waals surface area contributed by atoms with Gasteiger partial charge in [0.05, 0.1) is 10.6 Å². The topological polar surface area (TPSA) is 74.3 Å². The number of nitro benzene ring substituents is 1. The van der Waals surface area contributed by atoms with E-state index >= 15 is 0 Å². The Hall–Kier alpha value is -2.87. The second-order valence-corrected chi connectivity index (χ2v) is 8.21. The van der Waals surface area contributed by atoms with Crippen LogP contribution in [-0.4, -0.2) is 42.5 Å². The van der Waals surface area contributed by atoms with E-state index in [1.54, 1.807) is 6.07 Å². The number of azo groups is 1. The molecule has 0 aliphatic carbocycles. The van der Waals surface area contributed by atoms with E-state index in [0.717, 1.165) is 38.4 Å². The van der Waals surface area contributed by atoms with Crippen molar-refractivity contribution < 1.29 is 9.31 Å². The number of unbranched alkanes of at least 4 members (excludes halogenated alkanes) is 5. The molecule has 7 nitrogen and oxygen atoms in total. The van der Waals surface area contributed by atoms with E-state index in [0.29, 0.717) is 5.69 Å². The van der Waals surface area contributed by atoms with Crippen molar-refractivity contribution in [2.75, 3.05) is 37.6 Å². The number of hydrogen-bond donors (Lipinski definition) is 0. The molecule has 0 saturated carbocycles. The van der Waals surface area contributed by atoms with Crippen LogP contribution in [0.15, 0.2) is 52.7 Å². The Morgan fingerprint density at radius 2 is 1.62 bits per heavy atom. The number of non-ortho nitro benzene ring substituents is 1. The lowest BCUT2D eigenvalue weighted by atomic mass is 10.1. The van der Waals surface area contributed by atoms with Gasteiger partial charge in [0, 0.05) is 44.0 Å². The Kier molecular flexibility index (Phi) is 9.10. The molecule has 2 aromatic carbocycles. The Morgan fingerprint density at radius 3 is 2.28 bits per heavy atom. The number of nitrogens with zero attached hydrogens (tertiary/aromatic N) is 5. The maximum Gasteiger partial charge on any atom is 0.269 e. The highest BCUT2D eigenvalue weighted by molar-refractivity contribution is 5.54. The second kappa shape index (κ2) is 12.2. The highest BCUT2D eigenvalue weighted by atomic mass is 19.1. The fraction of sp³-hybridized carbons (Fsp3) is 0.500. The highest BCUT2D eigenvalue weighted by Gasteiger charge is 2.18. The van der Waals surface area contributed by atoms with Gasteiger partial charge in [-0.05, 0) is 43.3 Å². The summed E-state index contributed by atoms with van der Waals surface area (Å²) >= 11 is 0. The lowest BCUT2D eigenvalue weighted by molar-refractivity contribution is -0.384. The number of rotatable bonds is 11. The zero-order valence-electron chi connectivity index (χ0n) is 18.8. The van der Waals surface area contributed by atoms with E-state index in [9.17, 15) is 14.5 Å². The van der Waals surface area contributed by atoms with Crippen molar-refractivity contribution in [2.45, 2.75) is 45.4 Å². The molecule has 1 aliphatic heterocycles. The maximum atomic E-state index is 14.6. The highest BCUT2D eigenvalue weighted by Crippen LogP contribution is 2.27. The van der Waals surface area contributed by atoms with Crippen molar-refractivity contribution in [1.82, 2.24) is 4.90 Å². The van der Waals surface area contributed by atoms with Crippen LogP contribution >= 0.6 is 0 Å². The molecule has 3 rings (SSSR count). The minimum Gasteiger partial charge on any atom is -0.369 e. The molecule has 2 aromatic rings. The Morgan fingerprint density at radius 1 is 0.938 bits per heavy atom. The Bertz CT molecular complexity index is 896. The quantitative estimate of drug-likeness (QED) is 0.170. The van der Waals surface area contributed by atoms with E-state index in [1.807, 2.05) is 6.07 Å².